The first-order chi connectivity index (χ1) is 7.63. The zero-order valence-corrected chi connectivity index (χ0v) is 8.37. The van der Waals surface area contributed by atoms with Gasteiger partial charge in [0.25, 0.3) is 6.43 Å². The molecule has 0 unspecified atom stereocenters. The molecule has 0 aliphatic rings. The number of alkyl halides is 2. The minimum absolute atomic E-state index is 0.0409. The van der Waals surface area contributed by atoms with Crippen LogP contribution in [0.4, 0.5) is 8.78 Å². The maximum absolute atomic E-state index is 12.7. The molecule has 0 aromatic carbocycles. The minimum atomic E-state index is -2.77. The summed E-state index contributed by atoms with van der Waals surface area (Å²) in [6.45, 7) is 0. The van der Waals surface area contributed by atoms with Crippen molar-refractivity contribution in [3.63, 3.8) is 0 Å². The Hall–Kier alpha value is -2.21. The molecule has 0 spiro atoms. The number of nitrogens with zero attached hydrogens (tertiary/aromatic N) is 3. The van der Waals surface area contributed by atoms with E-state index in [0.717, 1.165) is 6.07 Å². The fourth-order valence-corrected chi connectivity index (χ4v) is 1.22. The van der Waals surface area contributed by atoms with Crippen LogP contribution in [0, 0.1) is 22.7 Å². The van der Waals surface area contributed by atoms with Crippen molar-refractivity contribution in [1.29, 1.82) is 10.5 Å². The van der Waals surface area contributed by atoms with Crippen LogP contribution >= 0.6 is 0 Å². The van der Waals surface area contributed by atoms with Crippen molar-refractivity contribution in [2.75, 3.05) is 7.11 Å². The van der Waals surface area contributed by atoms with Gasteiger partial charge in [-0.2, -0.15) is 10.5 Å². The zero-order chi connectivity index (χ0) is 12.1. The van der Waals surface area contributed by atoms with Crippen molar-refractivity contribution in [3.8, 4) is 18.0 Å². The molecule has 0 aliphatic carbocycles. The van der Waals surface area contributed by atoms with Crippen molar-refractivity contribution in [1.82, 2.24) is 4.98 Å². The number of aromatic nitrogens is 1. The summed E-state index contributed by atoms with van der Waals surface area (Å²) in [6, 6.07) is 4.44. The Labute approximate surface area is 90.7 Å². The lowest BCUT2D eigenvalue weighted by Crippen LogP contribution is -2.03. The van der Waals surface area contributed by atoms with E-state index < -0.39 is 6.43 Å². The van der Waals surface area contributed by atoms with Crippen molar-refractivity contribution in [2.24, 2.45) is 0 Å². The first-order valence-electron chi connectivity index (χ1n) is 4.27. The fraction of sp³-hybridized carbons (Fsp3) is 0.300. The number of pyridine rings is 1. The maximum Gasteiger partial charge on any atom is 0.264 e. The Kier molecular flexibility index (Phi) is 3.73. The summed E-state index contributed by atoms with van der Waals surface area (Å²) in [4.78, 5) is 3.70. The van der Waals surface area contributed by atoms with E-state index in [4.69, 9.17) is 15.3 Å². The number of nitriles is 2. The number of methoxy groups -OCH3 is 1. The molecule has 1 aromatic rings. The third-order valence-corrected chi connectivity index (χ3v) is 1.94. The number of hydrogen-bond donors (Lipinski definition) is 0. The van der Waals surface area contributed by atoms with E-state index in [9.17, 15) is 8.78 Å². The Morgan fingerprint density at radius 2 is 2.19 bits per heavy atom. The molecular weight excluding hydrogens is 216 g/mol. The Morgan fingerprint density at radius 1 is 1.50 bits per heavy atom. The number of ether oxygens (including phenoxy) is 1. The van der Waals surface area contributed by atoms with E-state index in [-0.39, 0.29) is 29.1 Å². The Morgan fingerprint density at radius 3 is 2.62 bits per heavy atom. The summed E-state index contributed by atoms with van der Waals surface area (Å²) >= 11 is 0. The highest BCUT2D eigenvalue weighted by atomic mass is 19.3. The average Bonchev–Trinajstić information content (AvgIpc) is 2.29. The fourth-order valence-electron chi connectivity index (χ4n) is 1.22. The molecule has 0 bridgehead atoms. The second kappa shape index (κ2) is 5.04. The molecule has 0 N–H and O–H groups in total. The topological polar surface area (TPSA) is 69.7 Å². The van der Waals surface area contributed by atoms with E-state index in [1.807, 2.05) is 0 Å². The lowest BCUT2D eigenvalue weighted by atomic mass is 10.0. The summed E-state index contributed by atoms with van der Waals surface area (Å²) in [5.74, 6) is -0.0615. The Balaban J connectivity index is 3.43. The van der Waals surface area contributed by atoms with E-state index in [0.29, 0.717) is 0 Å². The largest absolute Gasteiger partial charge is 0.481 e. The van der Waals surface area contributed by atoms with Crippen LogP contribution in [0.3, 0.4) is 0 Å². The van der Waals surface area contributed by atoms with E-state index >= 15 is 0 Å². The van der Waals surface area contributed by atoms with Gasteiger partial charge in [-0.15, -0.1) is 0 Å². The van der Waals surface area contributed by atoms with Gasteiger partial charge in [0.15, 0.2) is 0 Å². The zero-order valence-electron chi connectivity index (χ0n) is 8.37. The third kappa shape index (κ3) is 2.23. The Bertz CT molecular complexity index is 474. The van der Waals surface area contributed by atoms with E-state index in [1.54, 1.807) is 12.1 Å². The predicted octanol–water partition coefficient (Wildman–Crippen LogP) is 1.97. The monoisotopic (exact) mass is 223 g/mol. The summed E-state index contributed by atoms with van der Waals surface area (Å²) in [5, 5.41) is 17.3. The smallest absolute Gasteiger partial charge is 0.264 e. The first-order valence-corrected chi connectivity index (χ1v) is 4.27. The summed E-state index contributed by atoms with van der Waals surface area (Å²) in [6.07, 6.45) is -3.05. The van der Waals surface area contributed by atoms with Gasteiger partial charge in [-0.05, 0) is 0 Å². The highest BCUT2D eigenvalue weighted by Gasteiger charge is 2.19. The van der Waals surface area contributed by atoms with E-state index in [1.165, 1.54) is 7.11 Å². The van der Waals surface area contributed by atoms with Gasteiger partial charge in [-0.25, -0.2) is 13.8 Å². The molecule has 6 heteroatoms. The van der Waals surface area contributed by atoms with Gasteiger partial charge in [0, 0.05) is 17.2 Å². The van der Waals surface area contributed by atoms with Crippen LogP contribution < -0.4 is 4.74 Å². The molecule has 0 radical (unpaired) electrons. The number of hydrogen-bond acceptors (Lipinski definition) is 4. The third-order valence-electron chi connectivity index (χ3n) is 1.94. The summed E-state index contributed by atoms with van der Waals surface area (Å²) in [7, 11) is 1.27. The van der Waals surface area contributed by atoms with Gasteiger partial charge in [0.1, 0.15) is 11.8 Å². The molecule has 0 atom stereocenters. The molecule has 0 amide bonds. The van der Waals surface area contributed by atoms with Gasteiger partial charge >= 0.3 is 0 Å². The van der Waals surface area contributed by atoms with Crippen LogP contribution in [0.25, 0.3) is 0 Å². The van der Waals surface area contributed by atoms with Crippen molar-refractivity contribution >= 4 is 0 Å². The lowest BCUT2D eigenvalue weighted by Gasteiger charge is -2.09. The van der Waals surface area contributed by atoms with Crippen molar-refractivity contribution in [3.05, 3.63) is 22.9 Å². The molecule has 0 aliphatic heterocycles. The van der Waals surface area contributed by atoms with Crippen LogP contribution in [0.2, 0.25) is 0 Å². The van der Waals surface area contributed by atoms with Crippen LogP contribution in [-0.4, -0.2) is 12.1 Å². The second-order valence-corrected chi connectivity index (χ2v) is 2.83. The highest BCUT2D eigenvalue weighted by Crippen LogP contribution is 2.28. The molecule has 0 fully saturated rings. The molecule has 1 rings (SSSR count). The van der Waals surface area contributed by atoms with Gasteiger partial charge in [0.2, 0.25) is 5.88 Å². The first kappa shape index (κ1) is 11.9. The average molecular weight is 223 g/mol. The molecule has 16 heavy (non-hydrogen) atoms. The molecule has 0 saturated heterocycles. The standard InChI is InChI=1S/C10H7F2N3O/c1-16-9-4-7(10(11)12)6(2-3-13)8(5-14)15-9/h4,10H,2H2,1H3. The molecule has 82 valence electrons. The summed E-state index contributed by atoms with van der Waals surface area (Å²) < 4.78 is 30.1. The van der Waals surface area contributed by atoms with Crippen LogP contribution in [0.5, 0.6) is 5.88 Å². The quantitative estimate of drug-likeness (QED) is 0.785. The SMILES string of the molecule is COc1cc(C(F)F)c(CC#N)c(C#N)n1. The minimum Gasteiger partial charge on any atom is -0.481 e. The molecule has 1 aromatic heterocycles. The maximum atomic E-state index is 12.7. The van der Waals surface area contributed by atoms with Crippen LogP contribution in [0.1, 0.15) is 23.2 Å². The lowest BCUT2D eigenvalue weighted by molar-refractivity contribution is 0.149. The van der Waals surface area contributed by atoms with Crippen molar-refractivity contribution < 1.29 is 13.5 Å². The number of rotatable bonds is 3. The van der Waals surface area contributed by atoms with Crippen molar-refractivity contribution in [2.45, 2.75) is 12.8 Å². The van der Waals surface area contributed by atoms with E-state index in [2.05, 4.69) is 4.98 Å². The molecule has 0 saturated carbocycles. The molecule has 4 nitrogen and oxygen atoms in total. The second-order valence-electron chi connectivity index (χ2n) is 2.83. The number of halogens is 2. The van der Waals surface area contributed by atoms with Gasteiger partial charge in [-0.1, -0.05) is 0 Å². The van der Waals surface area contributed by atoms with Crippen LogP contribution in [0.15, 0.2) is 6.07 Å². The van der Waals surface area contributed by atoms with Gasteiger partial charge < -0.3 is 4.74 Å². The highest BCUT2D eigenvalue weighted by molar-refractivity contribution is 5.43. The normalized spacial score (nSPS) is 9.62. The molecule has 1 heterocycles. The predicted molar refractivity (Wildman–Crippen MR) is 49.8 cm³/mol. The van der Waals surface area contributed by atoms with Gasteiger partial charge in [0.05, 0.1) is 19.6 Å². The van der Waals surface area contributed by atoms with Crippen LogP contribution in [-0.2, 0) is 6.42 Å². The molecular formula is C10H7F2N3O. The van der Waals surface area contributed by atoms with Gasteiger partial charge in [-0.3, -0.25) is 0 Å². The summed E-state index contributed by atoms with van der Waals surface area (Å²) in [5.41, 5.74) is -0.623.